The van der Waals surface area contributed by atoms with Crippen molar-refractivity contribution in [2.45, 2.75) is 12.8 Å². The number of nitro benzene ring substituents is 1. The third-order valence-corrected chi connectivity index (χ3v) is 5.82. The molecule has 0 aliphatic carbocycles. The van der Waals surface area contributed by atoms with E-state index < -0.39 is 10.8 Å². The summed E-state index contributed by atoms with van der Waals surface area (Å²) in [6.45, 7) is 2.07. The number of carbonyl (C=O) groups is 1. The predicted octanol–water partition coefficient (Wildman–Crippen LogP) is 4.10. The van der Waals surface area contributed by atoms with E-state index >= 15 is 0 Å². The zero-order valence-electron chi connectivity index (χ0n) is 15.3. The number of anilines is 3. The molecule has 2 heterocycles. The van der Waals surface area contributed by atoms with Crippen LogP contribution in [0.2, 0.25) is 0 Å². The van der Waals surface area contributed by atoms with Crippen LogP contribution in [0.1, 0.15) is 23.2 Å². The fourth-order valence-corrected chi connectivity index (χ4v) is 4.33. The molecule has 2 aromatic carbocycles. The number of hydrogen-bond acceptors (Lipinski definition) is 7. The van der Waals surface area contributed by atoms with Gasteiger partial charge >= 0.3 is 0 Å². The lowest BCUT2D eigenvalue weighted by atomic mass is 10.1. The lowest BCUT2D eigenvalue weighted by Crippen LogP contribution is -2.16. The molecular weight excluding hydrogens is 378 g/mol. The van der Waals surface area contributed by atoms with Gasteiger partial charge in [-0.3, -0.25) is 14.9 Å². The smallest absolute Gasteiger partial charge is 0.293 e. The first-order valence-corrected chi connectivity index (χ1v) is 9.80. The summed E-state index contributed by atoms with van der Waals surface area (Å²) in [4.78, 5) is 30.2. The fraction of sp³-hybridized carbons (Fsp3) is 0.263. The summed E-state index contributed by atoms with van der Waals surface area (Å²) >= 11 is 1.61. The van der Waals surface area contributed by atoms with Gasteiger partial charge in [0.25, 0.3) is 11.6 Å². The molecule has 9 heteroatoms. The van der Waals surface area contributed by atoms with Crippen molar-refractivity contribution in [1.29, 1.82) is 0 Å². The van der Waals surface area contributed by atoms with Crippen molar-refractivity contribution in [3.63, 3.8) is 0 Å². The third-order valence-electron chi connectivity index (χ3n) is 4.74. The second kappa shape index (κ2) is 7.43. The Bertz CT molecular complexity index is 1060. The van der Waals surface area contributed by atoms with Crippen LogP contribution in [0.15, 0.2) is 36.4 Å². The van der Waals surface area contributed by atoms with E-state index in [4.69, 9.17) is 0 Å². The van der Waals surface area contributed by atoms with Crippen molar-refractivity contribution in [2.75, 3.05) is 35.7 Å². The van der Waals surface area contributed by atoms with E-state index in [-0.39, 0.29) is 11.3 Å². The highest BCUT2D eigenvalue weighted by Gasteiger charge is 2.18. The quantitative estimate of drug-likeness (QED) is 0.497. The average Bonchev–Trinajstić information content (AvgIpc) is 3.36. The molecule has 1 aromatic heterocycles. The minimum Gasteiger partial charge on any atom is -0.383 e. The second-order valence-electron chi connectivity index (χ2n) is 6.57. The van der Waals surface area contributed by atoms with E-state index in [9.17, 15) is 14.9 Å². The third kappa shape index (κ3) is 3.48. The average molecular weight is 397 g/mol. The maximum atomic E-state index is 12.6. The molecule has 1 aliphatic heterocycles. The highest BCUT2D eigenvalue weighted by atomic mass is 32.1. The van der Waals surface area contributed by atoms with Crippen LogP contribution >= 0.6 is 11.3 Å². The van der Waals surface area contributed by atoms with E-state index in [1.54, 1.807) is 30.5 Å². The number of rotatable bonds is 5. The number of amides is 1. The molecule has 0 saturated carbocycles. The van der Waals surface area contributed by atoms with Crippen LogP contribution in [0, 0.1) is 10.1 Å². The monoisotopic (exact) mass is 397 g/mol. The van der Waals surface area contributed by atoms with Crippen molar-refractivity contribution in [1.82, 2.24) is 4.98 Å². The van der Waals surface area contributed by atoms with Gasteiger partial charge in [0, 0.05) is 37.5 Å². The van der Waals surface area contributed by atoms with Gasteiger partial charge in [0.05, 0.1) is 15.1 Å². The fourth-order valence-electron chi connectivity index (χ4n) is 3.27. The Morgan fingerprint density at radius 2 is 2.00 bits per heavy atom. The Morgan fingerprint density at radius 3 is 2.71 bits per heavy atom. The van der Waals surface area contributed by atoms with Gasteiger partial charge in [-0.05, 0) is 43.2 Å². The molecule has 28 heavy (non-hydrogen) atoms. The topological polar surface area (TPSA) is 100 Å². The molecule has 0 radical (unpaired) electrons. The molecule has 144 valence electrons. The number of nitrogens with zero attached hydrogens (tertiary/aromatic N) is 3. The van der Waals surface area contributed by atoms with Crippen LogP contribution in [0.25, 0.3) is 10.2 Å². The minimum atomic E-state index is -0.508. The van der Waals surface area contributed by atoms with E-state index in [0.717, 1.165) is 28.4 Å². The van der Waals surface area contributed by atoms with E-state index in [1.807, 2.05) is 12.1 Å². The molecule has 8 nitrogen and oxygen atoms in total. The van der Waals surface area contributed by atoms with Crippen molar-refractivity contribution in [3.05, 3.63) is 52.1 Å². The number of hydrogen-bond donors (Lipinski definition) is 2. The van der Waals surface area contributed by atoms with Crippen molar-refractivity contribution in [2.24, 2.45) is 0 Å². The van der Waals surface area contributed by atoms with Gasteiger partial charge in [0.15, 0.2) is 5.13 Å². The van der Waals surface area contributed by atoms with Gasteiger partial charge in [0.2, 0.25) is 0 Å². The second-order valence-corrected chi connectivity index (χ2v) is 7.58. The molecule has 3 aromatic rings. The van der Waals surface area contributed by atoms with Crippen LogP contribution in [0.3, 0.4) is 0 Å². The van der Waals surface area contributed by atoms with E-state index in [2.05, 4.69) is 20.5 Å². The van der Waals surface area contributed by atoms with Gasteiger partial charge in [-0.2, -0.15) is 0 Å². The molecule has 4 rings (SSSR count). The van der Waals surface area contributed by atoms with Gasteiger partial charge < -0.3 is 15.5 Å². The number of benzene rings is 2. The summed E-state index contributed by atoms with van der Waals surface area (Å²) in [7, 11) is 1.60. The van der Waals surface area contributed by atoms with Gasteiger partial charge in [-0.15, -0.1) is 0 Å². The first-order valence-electron chi connectivity index (χ1n) is 8.98. The Hall–Kier alpha value is -3.20. The van der Waals surface area contributed by atoms with Crippen LogP contribution in [0.4, 0.5) is 22.2 Å². The molecule has 1 amide bonds. The number of thiazole rings is 1. The van der Waals surface area contributed by atoms with Crippen LogP contribution in [-0.4, -0.2) is 36.0 Å². The molecule has 0 atom stereocenters. The van der Waals surface area contributed by atoms with Crippen molar-refractivity contribution in [3.8, 4) is 0 Å². The number of nitro groups is 1. The molecule has 1 saturated heterocycles. The molecule has 1 aliphatic rings. The molecule has 0 unspecified atom stereocenters. The van der Waals surface area contributed by atoms with E-state index in [0.29, 0.717) is 11.4 Å². The predicted molar refractivity (Wildman–Crippen MR) is 112 cm³/mol. The summed E-state index contributed by atoms with van der Waals surface area (Å²) in [6.07, 6.45) is 2.38. The maximum Gasteiger partial charge on any atom is 0.293 e. The molecular formula is C19H19N5O3S. The maximum absolute atomic E-state index is 12.6. The Kier molecular flexibility index (Phi) is 4.82. The van der Waals surface area contributed by atoms with Crippen LogP contribution < -0.4 is 15.5 Å². The highest BCUT2D eigenvalue weighted by molar-refractivity contribution is 7.22. The van der Waals surface area contributed by atoms with Gasteiger partial charge in [0.1, 0.15) is 5.69 Å². The molecule has 0 bridgehead atoms. The Morgan fingerprint density at radius 1 is 1.21 bits per heavy atom. The van der Waals surface area contributed by atoms with Crippen molar-refractivity contribution < 1.29 is 9.72 Å². The lowest BCUT2D eigenvalue weighted by molar-refractivity contribution is -0.384. The zero-order chi connectivity index (χ0) is 19.7. The standard InChI is InChI=1S/C19H19N5O3S/c1-20-14-6-4-12(10-16(14)24(26)27)18(25)21-13-5-7-15-17(11-13)28-19(22-15)23-8-2-3-9-23/h4-7,10-11,20H,2-3,8-9H2,1H3,(H,21,25). The number of nitrogens with one attached hydrogen (secondary N) is 2. The number of fused-ring (bicyclic) bond motifs is 1. The van der Waals surface area contributed by atoms with Crippen LogP contribution in [0.5, 0.6) is 0 Å². The van der Waals surface area contributed by atoms with Gasteiger partial charge in [-0.1, -0.05) is 11.3 Å². The first-order chi connectivity index (χ1) is 13.5. The molecule has 2 N–H and O–H groups in total. The summed E-state index contributed by atoms with van der Waals surface area (Å²) in [5.41, 5.74) is 1.99. The van der Waals surface area contributed by atoms with E-state index in [1.165, 1.54) is 25.0 Å². The first kappa shape index (κ1) is 18.2. The zero-order valence-corrected chi connectivity index (χ0v) is 16.1. The summed E-state index contributed by atoms with van der Waals surface area (Å²) < 4.78 is 0.996. The largest absolute Gasteiger partial charge is 0.383 e. The lowest BCUT2D eigenvalue weighted by Gasteiger charge is -2.11. The molecule has 0 spiro atoms. The summed E-state index contributed by atoms with van der Waals surface area (Å²) in [6, 6.07) is 9.93. The highest BCUT2D eigenvalue weighted by Crippen LogP contribution is 2.32. The van der Waals surface area contributed by atoms with Crippen molar-refractivity contribution >= 4 is 49.7 Å². The number of aromatic nitrogens is 1. The van der Waals surface area contributed by atoms with Gasteiger partial charge in [-0.25, -0.2) is 4.98 Å². The Labute approximate surface area is 165 Å². The summed E-state index contributed by atoms with van der Waals surface area (Å²) in [5, 5.41) is 17.8. The number of carbonyl (C=O) groups excluding carboxylic acids is 1. The minimum absolute atomic E-state index is 0.136. The molecule has 1 fully saturated rings. The SMILES string of the molecule is CNc1ccc(C(=O)Nc2ccc3nc(N4CCCC4)sc3c2)cc1[N+](=O)[O-]. The normalized spacial score (nSPS) is 13.7. The summed E-state index contributed by atoms with van der Waals surface area (Å²) in [5.74, 6) is -0.394. The van der Waals surface area contributed by atoms with Crippen LogP contribution in [-0.2, 0) is 0 Å². The Balaban J connectivity index is 1.56.